The van der Waals surface area contributed by atoms with E-state index in [0.717, 1.165) is 12.1 Å². The van der Waals surface area contributed by atoms with Crippen LogP contribution < -0.4 is 10.2 Å². The number of nitriles is 1. The number of nitrogens with zero attached hydrogens (tertiary/aromatic N) is 3. The molecule has 1 unspecified atom stereocenters. The Kier molecular flexibility index (Phi) is 5.12. The zero-order valence-corrected chi connectivity index (χ0v) is 12.4. The number of ether oxygens (including phenoxy) is 1. The molecule has 1 amide bonds. The Labute approximate surface area is 124 Å². The van der Waals surface area contributed by atoms with Crippen molar-refractivity contribution in [2.45, 2.75) is 26.3 Å². The minimum atomic E-state index is -0.397. The second kappa shape index (κ2) is 7.04. The molecule has 1 aliphatic heterocycles. The lowest BCUT2D eigenvalue weighted by Crippen LogP contribution is -2.54. The number of hydrogen-bond donors (Lipinski definition) is 1. The van der Waals surface area contributed by atoms with Crippen LogP contribution in [0.15, 0.2) is 12.1 Å². The van der Waals surface area contributed by atoms with Crippen LogP contribution in [0.1, 0.15) is 24.6 Å². The number of nitrogens with one attached hydrogen (secondary N) is 1. The SMILES string of the molecule is CCCNC(=O)C1COCCN1c1cc(C#N)cc(C)n1. The van der Waals surface area contributed by atoms with Crippen LogP contribution in [-0.2, 0) is 9.53 Å². The van der Waals surface area contributed by atoms with Crippen LogP contribution >= 0.6 is 0 Å². The quantitative estimate of drug-likeness (QED) is 0.894. The van der Waals surface area contributed by atoms with Crippen molar-refractivity contribution in [3.05, 3.63) is 23.4 Å². The zero-order valence-electron chi connectivity index (χ0n) is 12.4. The van der Waals surface area contributed by atoms with Gasteiger partial charge in [0.1, 0.15) is 11.9 Å². The Morgan fingerprint density at radius 3 is 3.14 bits per heavy atom. The predicted octanol–water partition coefficient (Wildman–Crippen LogP) is 0.993. The number of rotatable bonds is 4. The van der Waals surface area contributed by atoms with Gasteiger partial charge < -0.3 is 15.0 Å². The molecule has 0 aliphatic carbocycles. The number of aromatic nitrogens is 1. The summed E-state index contributed by atoms with van der Waals surface area (Å²) in [6, 6.07) is 5.18. The molecule has 0 radical (unpaired) electrons. The summed E-state index contributed by atoms with van der Waals surface area (Å²) >= 11 is 0. The fourth-order valence-electron chi connectivity index (χ4n) is 2.32. The number of aryl methyl sites for hydroxylation is 1. The molecule has 1 aliphatic rings. The van der Waals surface area contributed by atoms with E-state index in [2.05, 4.69) is 16.4 Å². The Morgan fingerprint density at radius 1 is 1.62 bits per heavy atom. The average Bonchev–Trinajstić information content (AvgIpc) is 2.51. The second-order valence-electron chi connectivity index (χ2n) is 5.04. The number of carbonyl (C=O) groups excluding carboxylic acids is 1. The predicted molar refractivity (Wildman–Crippen MR) is 78.9 cm³/mol. The summed E-state index contributed by atoms with van der Waals surface area (Å²) in [5.74, 6) is 0.602. The van der Waals surface area contributed by atoms with Crippen LogP contribution in [0, 0.1) is 18.3 Å². The molecule has 1 atom stereocenters. The van der Waals surface area contributed by atoms with E-state index in [9.17, 15) is 4.79 Å². The van der Waals surface area contributed by atoms with Gasteiger partial charge in [0.15, 0.2) is 0 Å². The van der Waals surface area contributed by atoms with Gasteiger partial charge in [-0.05, 0) is 25.5 Å². The maximum atomic E-state index is 12.3. The fourth-order valence-corrected chi connectivity index (χ4v) is 2.32. The molecule has 2 rings (SSSR count). The van der Waals surface area contributed by atoms with Gasteiger partial charge in [-0.25, -0.2) is 4.98 Å². The van der Waals surface area contributed by atoms with Crippen molar-refractivity contribution >= 4 is 11.7 Å². The van der Waals surface area contributed by atoms with E-state index >= 15 is 0 Å². The molecular formula is C15H20N4O2. The lowest BCUT2D eigenvalue weighted by atomic mass is 10.1. The number of amides is 1. The molecular weight excluding hydrogens is 268 g/mol. The first-order chi connectivity index (χ1) is 10.2. The summed E-state index contributed by atoms with van der Waals surface area (Å²) in [6.07, 6.45) is 0.889. The van der Waals surface area contributed by atoms with Gasteiger partial charge in [0.2, 0.25) is 5.91 Å². The fraction of sp³-hybridized carbons (Fsp3) is 0.533. The normalized spacial score (nSPS) is 18.1. The van der Waals surface area contributed by atoms with Crippen molar-refractivity contribution in [2.24, 2.45) is 0 Å². The highest BCUT2D eigenvalue weighted by molar-refractivity contribution is 5.85. The minimum Gasteiger partial charge on any atom is -0.377 e. The Bertz CT molecular complexity index is 553. The molecule has 6 nitrogen and oxygen atoms in total. The van der Waals surface area contributed by atoms with Crippen molar-refractivity contribution in [3.63, 3.8) is 0 Å². The monoisotopic (exact) mass is 288 g/mol. The van der Waals surface area contributed by atoms with Crippen molar-refractivity contribution in [1.29, 1.82) is 5.26 Å². The largest absolute Gasteiger partial charge is 0.377 e. The lowest BCUT2D eigenvalue weighted by molar-refractivity contribution is -0.124. The third-order valence-electron chi connectivity index (χ3n) is 3.34. The molecule has 0 spiro atoms. The maximum absolute atomic E-state index is 12.3. The van der Waals surface area contributed by atoms with Gasteiger partial charge in [0.05, 0.1) is 24.8 Å². The first-order valence-electron chi connectivity index (χ1n) is 7.16. The van der Waals surface area contributed by atoms with Gasteiger partial charge in [-0.15, -0.1) is 0 Å². The molecule has 1 saturated heterocycles. The number of hydrogen-bond acceptors (Lipinski definition) is 5. The highest BCUT2D eigenvalue weighted by atomic mass is 16.5. The van der Waals surface area contributed by atoms with E-state index in [4.69, 9.17) is 10.00 Å². The molecule has 0 saturated carbocycles. The van der Waals surface area contributed by atoms with E-state index in [0.29, 0.717) is 37.7 Å². The summed E-state index contributed by atoms with van der Waals surface area (Å²) < 4.78 is 5.43. The highest BCUT2D eigenvalue weighted by Crippen LogP contribution is 2.20. The molecule has 2 heterocycles. The Balaban J connectivity index is 2.24. The van der Waals surface area contributed by atoms with Crippen LogP contribution in [0.25, 0.3) is 0 Å². The van der Waals surface area contributed by atoms with Gasteiger partial charge in [-0.2, -0.15) is 5.26 Å². The third-order valence-corrected chi connectivity index (χ3v) is 3.34. The van der Waals surface area contributed by atoms with Gasteiger partial charge in [-0.1, -0.05) is 6.92 Å². The minimum absolute atomic E-state index is 0.0571. The van der Waals surface area contributed by atoms with Crippen LogP contribution in [0.4, 0.5) is 5.82 Å². The van der Waals surface area contributed by atoms with Gasteiger partial charge in [0.25, 0.3) is 0 Å². The molecule has 1 aromatic rings. The number of morpholine rings is 1. The Morgan fingerprint density at radius 2 is 2.43 bits per heavy atom. The molecule has 21 heavy (non-hydrogen) atoms. The molecule has 1 N–H and O–H groups in total. The first kappa shape index (κ1) is 15.3. The zero-order chi connectivity index (χ0) is 15.2. The summed E-state index contributed by atoms with van der Waals surface area (Å²) in [7, 11) is 0. The topological polar surface area (TPSA) is 78.2 Å². The molecule has 0 bridgehead atoms. The molecule has 0 aromatic carbocycles. The summed E-state index contributed by atoms with van der Waals surface area (Å²) in [4.78, 5) is 18.6. The standard InChI is InChI=1S/C15H20N4O2/c1-3-4-17-15(20)13-10-21-6-5-19(13)14-8-12(9-16)7-11(2)18-14/h7-8,13H,3-6,10H2,1-2H3,(H,17,20). The number of carbonyl (C=O) groups is 1. The van der Waals surface area contributed by atoms with E-state index in [1.165, 1.54) is 0 Å². The third kappa shape index (κ3) is 3.70. The van der Waals surface area contributed by atoms with Crippen LogP contribution in [0.5, 0.6) is 0 Å². The van der Waals surface area contributed by atoms with Gasteiger partial charge in [0, 0.05) is 18.8 Å². The summed E-state index contributed by atoms with van der Waals surface area (Å²) in [6.45, 7) is 5.98. The molecule has 1 aromatic heterocycles. The highest BCUT2D eigenvalue weighted by Gasteiger charge is 2.30. The molecule has 112 valence electrons. The average molecular weight is 288 g/mol. The summed E-state index contributed by atoms with van der Waals surface area (Å²) in [5.41, 5.74) is 1.32. The van der Waals surface area contributed by atoms with Crippen molar-refractivity contribution in [2.75, 3.05) is 31.2 Å². The van der Waals surface area contributed by atoms with Crippen LogP contribution in [0.2, 0.25) is 0 Å². The van der Waals surface area contributed by atoms with Crippen molar-refractivity contribution in [3.8, 4) is 6.07 Å². The van der Waals surface area contributed by atoms with Crippen molar-refractivity contribution in [1.82, 2.24) is 10.3 Å². The molecule has 6 heteroatoms. The van der Waals surface area contributed by atoms with Crippen LogP contribution in [-0.4, -0.2) is 43.2 Å². The second-order valence-corrected chi connectivity index (χ2v) is 5.04. The van der Waals surface area contributed by atoms with Gasteiger partial charge >= 0.3 is 0 Å². The van der Waals surface area contributed by atoms with Crippen LogP contribution in [0.3, 0.4) is 0 Å². The number of anilines is 1. The van der Waals surface area contributed by atoms with E-state index in [1.807, 2.05) is 18.7 Å². The molecule has 1 fully saturated rings. The first-order valence-corrected chi connectivity index (χ1v) is 7.16. The van der Waals surface area contributed by atoms with E-state index < -0.39 is 6.04 Å². The Hall–Kier alpha value is -2.13. The summed E-state index contributed by atoms with van der Waals surface area (Å²) in [5, 5.41) is 12.0. The van der Waals surface area contributed by atoms with Crippen molar-refractivity contribution < 1.29 is 9.53 Å². The van der Waals surface area contributed by atoms with E-state index in [1.54, 1.807) is 12.1 Å². The smallest absolute Gasteiger partial charge is 0.245 e. The number of pyridine rings is 1. The van der Waals surface area contributed by atoms with E-state index in [-0.39, 0.29) is 5.91 Å². The maximum Gasteiger partial charge on any atom is 0.245 e. The lowest BCUT2D eigenvalue weighted by Gasteiger charge is -2.35. The van der Waals surface area contributed by atoms with Gasteiger partial charge in [-0.3, -0.25) is 4.79 Å².